The predicted molar refractivity (Wildman–Crippen MR) is 109 cm³/mol. The van der Waals surface area contributed by atoms with E-state index in [0.29, 0.717) is 18.7 Å². The van der Waals surface area contributed by atoms with Gasteiger partial charge in [0.1, 0.15) is 0 Å². The highest BCUT2D eigenvalue weighted by Crippen LogP contribution is 2.30. The van der Waals surface area contributed by atoms with Crippen molar-refractivity contribution in [3.05, 3.63) is 53.1 Å². The number of rotatable bonds is 5. The highest BCUT2D eigenvalue weighted by molar-refractivity contribution is 7.91. The first-order valence-electron chi connectivity index (χ1n) is 9.18. The van der Waals surface area contributed by atoms with Gasteiger partial charge in [-0.2, -0.15) is 0 Å². The molecule has 2 aromatic carbocycles. The minimum Gasteiger partial charge on any atom is -0.326 e. The average Bonchev–Trinajstić information content (AvgIpc) is 3.06. The lowest BCUT2D eigenvalue weighted by molar-refractivity contribution is -0.117. The van der Waals surface area contributed by atoms with E-state index in [1.165, 1.54) is 13.0 Å². The quantitative estimate of drug-likeness (QED) is 0.836. The van der Waals surface area contributed by atoms with Gasteiger partial charge >= 0.3 is 0 Å². The number of fused-ring (bicyclic) bond motifs is 1. The Morgan fingerprint density at radius 1 is 1.11 bits per heavy atom. The molecule has 1 N–H and O–H groups in total. The summed E-state index contributed by atoms with van der Waals surface area (Å²) in [7, 11) is -3.59. The Kier molecular flexibility index (Phi) is 5.56. The van der Waals surface area contributed by atoms with E-state index in [1.807, 2.05) is 32.0 Å². The minimum atomic E-state index is -3.59. The SMILES string of the molecule is CC(=O)N1CCc2cc(S(=O)(=O)CCC(=O)Nc3ccc(C)cc3C)ccc21. The third-order valence-corrected chi connectivity index (χ3v) is 6.65. The Bertz CT molecular complexity index is 1040. The molecule has 3 rings (SSSR count). The van der Waals surface area contributed by atoms with E-state index in [9.17, 15) is 18.0 Å². The summed E-state index contributed by atoms with van der Waals surface area (Å²) in [6, 6.07) is 10.5. The van der Waals surface area contributed by atoms with Crippen LogP contribution in [0.1, 0.15) is 30.0 Å². The van der Waals surface area contributed by atoms with Crippen LogP contribution in [0, 0.1) is 13.8 Å². The maximum atomic E-state index is 12.7. The van der Waals surface area contributed by atoms with E-state index >= 15 is 0 Å². The molecule has 1 heterocycles. The monoisotopic (exact) mass is 400 g/mol. The number of carbonyl (C=O) groups excluding carboxylic acids is 2. The molecule has 148 valence electrons. The topological polar surface area (TPSA) is 83.6 Å². The van der Waals surface area contributed by atoms with Crippen molar-refractivity contribution in [2.75, 3.05) is 22.5 Å². The first-order chi connectivity index (χ1) is 13.2. The van der Waals surface area contributed by atoms with Gasteiger partial charge in [-0.05, 0) is 55.7 Å². The van der Waals surface area contributed by atoms with Gasteiger partial charge in [0, 0.05) is 31.3 Å². The van der Waals surface area contributed by atoms with Crippen LogP contribution in [-0.2, 0) is 25.8 Å². The van der Waals surface area contributed by atoms with Crippen molar-refractivity contribution in [2.24, 2.45) is 0 Å². The minimum absolute atomic E-state index is 0.0579. The number of anilines is 2. The molecule has 7 heteroatoms. The highest BCUT2D eigenvalue weighted by atomic mass is 32.2. The molecule has 0 unspecified atom stereocenters. The molecule has 1 aliphatic rings. The molecule has 6 nitrogen and oxygen atoms in total. The van der Waals surface area contributed by atoms with Crippen molar-refractivity contribution in [3.63, 3.8) is 0 Å². The Labute approximate surface area is 165 Å². The largest absolute Gasteiger partial charge is 0.326 e. The fraction of sp³-hybridized carbons (Fsp3) is 0.333. The molecule has 0 fully saturated rings. The molecule has 0 radical (unpaired) electrons. The second kappa shape index (κ2) is 7.75. The number of carbonyl (C=O) groups is 2. The molecule has 0 aliphatic carbocycles. The van der Waals surface area contributed by atoms with Crippen LogP contribution in [0.25, 0.3) is 0 Å². The summed E-state index contributed by atoms with van der Waals surface area (Å²) in [5.41, 5.74) is 4.33. The summed E-state index contributed by atoms with van der Waals surface area (Å²) in [5.74, 6) is -0.657. The van der Waals surface area contributed by atoms with E-state index in [4.69, 9.17) is 0 Å². The third kappa shape index (κ3) is 4.25. The molecule has 28 heavy (non-hydrogen) atoms. The summed E-state index contributed by atoms with van der Waals surface area (Å²) >= 11 is 0. The predicted octanol–water partition coefficient (Wildman–Crippen LogP) is 3.01. The second-order valence-corrected chi connectivity index (χ2v) is 9.26. The average molecular weight is 401 g/mol. The smallest absolute Gasteiger partial charge is 0.225 e. The Hall–Kier alpha value is -2.67. The van der Waals surface area contributed by atoms with Gasteiger partial charge in [0.15, 0.2) is 9.84 Å². The van der Waals surface area contributed by atoms with Crippen molar-refractivity contribution in [2.45, 2.75) is 38.5 Å². The molecule has 0 aromatic heterocycles. The molecule has 0 bridgehead atoms. The molecule has 2 amide bonds. The molecule has 2 aromatic rings. The first-order valence-corrected chi connectivity index (χ1v) is 10.8. The van der Waals surface area contributed by atoms with Gasteiger partial charge in [-0.15, -0.1) is 0 Å². The van der Waals surface area contributed by atoms with Crippen LogP contribution >= 0.6 is 0 Å². The lowest BCUT2D eigenvalue weighted by Crippen LogP contribution is -2.25. The van der Waals surface area contributed by atoms with Gasteiger partial charge < -0.3 is 10.2 Å². The maximum absolute atomic E-state index is 12.7. The second-order valence-electron chi connectivity index (χ2n) is 7.15. The lowest BCUT2D eigenvalue weighted by Gasteiger charge is -2.15. The van der Waals surface area contributed by atoms with Crippen molar-refractivity contribution in [1.82, 2.24) is 0 Å². The fourth-order valence-electron chi connectivity index (χ4n) is 3.41. The molecular formula is C21H24N2O4S. The highest BCUT2D eigenvalue weighted by Gasteiger charge is 2.25. The number of hydrogen-bond donors (Lipinski definition) is 1. The summed E-state index contributed by atoms with van der Waals surface area (Å²) in [5, 5.41) is 2.77. The van der Waals surface area contributed by atoms with E-state index in [-0.39, 0.29) is 28.9 Å². The zero-order chi connectivity index (χ0) is 20.5. The van der Waals surface area contributed by atoms with Crippen LogP contribution in [0.5, 0.6) is 0 Å². The van der Waals surface area contributed by atoms with E-state index < -0.39 is 9.84 Å². The number of amides is 2. The fourth-order valence-corrected chi connectivity index (χ4v) is 4.70. The van der Waals surface area contributed by atoms with Crippen LogP contribution in [-0.4, -0.2) is 32.5 Å². The summed E-state index contributed by atoms with van der Waals surface area (Å²) in [4.78, 5) is 25.7. The number of nitrogens with one attached hydrogen (secondary N) is 1. The van der Waals surface area contributed by atoms with E-state index in [2.05, 4.69) is 5.32 Å². The number of aryl methyl sites for hydroxylation is 2. The van der Waals surface area contributed by atoms with Crippen molar-refractivity contribution >= 4 is 33.0 Å². The van der Waals surface area contributed by atoms with Crippen molar-refractivity contribution in [1.29, 1.82) is 0 Å². The number of sulfone groups is 1. The molecule has 0 atom stereocenters. The van der Waals surface area contributed by atoms with Crippen LogP contribution in [0.3, 0.4) is 0 Å². The third-order valence-electron chi connectivity index (χ3n) is 4.94. The summed E-state index contributed by atoms with van der Waals surface area (Å²) in [6.07, 6.45) is 0.512. The number of nitrogens with zero attached hydrogens (tertiary/aromatic N) is 1. The van der Waals surface area contributed by atoms with E-state index in [0.717, 1.165) is 22.4 Å². The summed E-state index contributed by atoms with van der Waals surface area (Å²) < 4.78 is 25.3. The van der Waals surface area contributed by atoms with Gasteiger partial charge in [0.25, 0.3) is 0 Å². The van der Waals surface area contributed by atoms with E-state index in [1.54, 1.807) is 17.0 Å². The summed E-state index contributed by atoms with van der Waals surface area (Å²) in [6.45, 7) is 5.92. The zero-order valence-electron chi connectivity index (χ0n) is 16.3. The molecule has 0 saturated carbocycles. The Balaban J connectivity index is 1.67. The van der Waals surface area contributed by atoms with Crippen LogP contribution < -0.4 is 10.2 Å². The van der Waals surface area contributed by atoms with Crippen molar-refractivity contribution < 1.29 is 18.0 Å². The Morgan fingerprint density at radius 2 is 1.86 bits per heavy atom. The van der Waals surface area contributed by atoms with Gasteiger partial charge in [-0.3, -0.25) is 9.59 Å². The van der Waals surface area contributed by atoms with Gasteiger partial charge in [0.2, 0.25) is 11.8 Å². The van der Waals surface area contributed by atoms with Crippen molar-refractivity contribution in [3.8, 4) is 0 Å². The normalized spacial score (nSPS) is 13.3. The van der Waals surface area contributed by atoms with Gasteiger partial charge in [-0.1, -0.05) is 17.7 Å². The molecule has 1 aliphatic heterocycles. The Morgan fingerprint density at radius 3 is 2.54 bits per heavy atom. The molecule has 0 saturated heterocycles. The van der Waals surface area contributed by atoms with Gasteiger partial charge in [-0.25, -0.2) is 8.42 Å². The molecule has 0 spiro atoms. The maximum Gasteiger partial charge on any atom is 0.225 e. The van der Waals surface area contributed by atoms with Crippen LogP contribution in [0.2, 0.25) is 0 Å². The standard InChI is InChI=1S/C21H24N2O4S/c1-14-4-6-19(15(2)12-14)22-21(25)9-11-28(26,27)18-5-7-20-17(13-18)8-10-23(20)16(3)24/h4-7,12-13H,8-11H2,1-3H3,(H,22,25). The lowest BCUT2D eigenvalue weighted by atomic mass is 10.1. The number of hydrogen-bond acceptors (Lipinski definition) is 4. The molecular weight excluding hydrogens is 376 g/mol. The van der Waals surface area contributed by atoms with Gasteiger partial charge in [0.05, 0.1) is 10.6 Å². The first kappa shape index (κ1) is 20.1. The number of benzene rings is 2. The van der Waals surface area contributed by atoms with Crippen LogP contribution in [0.4, 0.5) is 11.4 Å². The zero-order valence-corrected chi connectivity index (χ0v) is 17.1. The van der Waals surface area contributed by atoms with Crippen LogP contribution in [0.15, 0.2) is 41.3 Å².